The molecule has 2 N–H and O–H groups in total. The van der Waals surface area contributed by atoms with Crippen molar-refractivity contribution in [1.82, 2.24) is 10.6 Å². The van der Waals surface area contributed by atoms with Crippen LogP contribution >= 0.6 is 15.9 Å². The number of hydrogen-bond acceptors (Lipinski definition) is 3. The Labute approximate surface area is 139 Å². The summed E-state index contributed by atoms with van der Waals surface area (Å²) >= 11 is 3.40. The molecule has 0 saturated heterocycles. The number of carbonyl (C=O) groups is 2. The van der Waals surface area contributed by atoms with E-state index in [1.807, 2.05) is 31.2 Å². The zero-order valence-corrected chi connectivity index (χ0v) is 15.2. The van der Waals surface area contributed by atoms with E-state index in [2.05, 4.69) is 26.6 Å². The maximum Gasteiger partial charge on any atom is 0.408 e. The first-order valence-corrected chi connectivity index (χ1v) is 7.93. The minimum Gasteiger partial charge on any atom is -0.444 e. The van der Waals surface area contributed by atoms with Gasteiger partial charge < -0.3 is 15.4 Å². The lowest BCUT2D eigenvalue weighted by molar-refractivity contribution is -0.123. The van der Waals surface area contributed by atoms with E-state index < -0.39 is 17.7 Å². The molecule has 22 heavy (non-hydrogen) atoms. The molecule has 2 amide bonds. The number of alkyl carbamates (subject to hydrolysis) is 1. The first-order chi connectivity index (χ1) is 10.1. The molecule has 1 unspecified atom stereocenters. The summed E-state index contributed by atoms with van der Waals surface area (Å²) in [5.41, 5.74) is 0.386. The Bertz CT molecular complexity index is 540. The van der Waals surface area contributed by atoms with Crippen molar-refractivity contribution in [2.75, 3.05) is 0 Å². The number of hydrogen-bond donors (Lipinski definition) is 2. The summed E-state index contributed by atoms with van der Waals surface area (Å²) in [6, 6.07) is 6.87. The van der Waals surface area contributed by atoms with Crippen LogP contribution in [0.2, 0.25) is 0 Å². The van der Waals surface area contributed by atoms with Crippen LogP contribution in [-0.2, 0) is 9.53 Å². The highest BCUT2D eigenvalue weighted by Gasteiger charge is 2.22. The molecule has 0 aliphatic carbocycles. The van der Waals surface area contributed by atoms with Crippen LogP contribution in [0.15, 0.2) is 28.7 Å². The molecule has 0 aromatic heterocycles. The predicted molar refractivity (Wildman–Crippen MR) is 89.5 cm³/mol. The number of carbonyl (C=O) groups excluding carboxylic acids is 2. The molecule has 1 rings (SSSR count). The molecule has 0 bridgehead atoms. The molecule has 1 aromatic rings. The predicted octanol–water partition coefficient (Wildman–Crippen LogP) is 3.54. The van der Waals surface area contributed by atoms with Crippen LogP contribution in [-0.4, -0.2) is 23.6 Å². The second-order valence-electron chi connectivity index (χ2n) is 6.15. The summed E-state index contributed by atoms with van der Waals surface area (Å²) in [7, 11) is 0. The molecule has 0 radical (unpaired) electrons. The molecule has 0 fully saturated rings. The fraction of sp³-hybridized carbons (Fsp3) is 0.500. The zero-order valence-electron chi connectivity index (χ0n) is 13.6. The molecule has 1 aromatic carbocycles. The van der Waals surface area contributed by atoms with Gasteiger partial charge in [-0.1, -0.05) is 28.1 Å². The van der Waals surface area contributed by atoms with Gasteiger partial charge in [0.25, 0.3) is 0 Å². The van der Waals surface area contributed by atoms with E-state index in [9.17, 15) is 9.59 Å². The van der Waals surface area contributed by atoms with E-state index in [0.29, 0.717) is 0 Å². The minimum absolute atomic E-state index is 0.159. The molecule has 0 spiro atoms. The molecule has 0 saturated carbocycles. The monoisotopic (exact) mass is 370 g/mol. The van der Waals surface area contributed by atoms with E-state index in [0.717, 1.165) is 10.0 Å². The Morgan fingerprint density at radius 2 is 1.82 bits per heavy atom. The van der Waals surface area contributed by atoms with Gasteiger partial charge in [-0.3, -0.25) is 4.79 Å². The Kier molecular flexibility index (Phi) is 6.41. The van der Waals surface area contributed by atoms with E-state index in [1.165, 1.54) is 0 Å². The summed E-state index contributed by atoms with van der Waals surface area (Å²) < 4.78 is 6.08. The van der Waals surface area contributed by atoms with Crippen molar-refractivity contribution in [1.29, 1.82) is 0 Å². The number of amides is 2. The van der Waals surface area contributed by atoms with Crippen molar-refractivity contribution in [2.24, 2.45) is 0 Å². The first kappa shape index (κ1) is 18.5. The average molecular weight is 371 g/mol. The highest BCUT2D eigenvalue weighted by atomic mass is 79.9. The molecule has 0 aliphatic heterocycles. The quantitative estimate of drug-likeness (QED) is 0.851. The molecule has 0 heterocycles. The molecule has 2 atom stereocenters. The average Bonchev–Trinajstić information content (AvgIpc) is 2.36. The third-order valence-corrected chi connectivity index (χ3v) is 3.33. The Balaban J connectivity index is 2.55. The largest absolute Gasteiger partial charge is 0.444 e. The molecule has 6 heteroatoms. The van der Waals surface area contributed by atoms with Gasteiger partial charge in [0.05, 0.1) is 6.04 Å². The van der Waals surface area contributed by atoms with E-state index in [-0.39, 0.29) is 11.9 Å². The van der Waals surface area contributed by atoms with Crippen LogP contribution in [0.1, 0.15) is 46.2 Å². The zero-order chi connectivity index (χ0) is 16.9. The van der Waals surface area contributed by atoms with Crippen LogP contribution in [0.4, 0.5) is 4.79 Å². The second kappa shape index (κ2) is 7.63. The fourth-order valence-electron chi connectivity index (χ4n) is 1.75. The number of nitrogens with one attached hydrogen (secondary N) is 2. The van der Waals surface area contributed by atoms with Crippen molar-refractivity contribution < 1.29 is 14.3 Å². The summed E-state index contributed by atoms with van der Waals surface area (Å²) in [5, 5.41) is 5.38. The summed E-state index contributed by atoms with van der Waals surface area (Å²) in [6.45, 7) is 8.82. The lowest BCUT2D eigenvalue weighted by Crippen LogP contribution is -2.47. The SMILES string of the molecule is CC(NC(=O)[C@@H](C)NC(=O)OC(C)(C)C)c1cccc(Br)c1. The van der Waals surface area contributed by atoms with Gasteiger partial charge in [0.1, 0.15) is 11.6 Å². The third-order valence-electron chi connectivity index (χ3n) is 2.83. The van der Waals surface area contributed by atoms with E-state index >= 15 is 0 Å². The summed E-state index contributed by atoms with van der Waals surface area (Å²) in [5.74, 6) is -0.265. The Morgan fingerprint density at radius 3 is 2.36 bits per heavy atom. The Hall–Kier alpha value is -1.56. The highest BCUT2D eigenvalue weighted by Crippen LogP contribution is 2.17. The van der Waals surface area contributed by atoms with Gasteiger partial charge in [0.15, 0.2) is 0 Å². The lowest BCUT2D eigenvalue weighted by atomic mass is 10.1. The van der Waals surface area contributed by atoms with Crippen molar-refractivity contribution in [3.63, 3.8) is 0 Å². The molecular weight excluding hydrogens is 348 g/mol. The summed E-state index contributed by atoms with van der Waals surface area (Å²) in [6.07, 6.45) is -0.606. The lowest BCUT2D eigenvalue weighted by Gasteiger charge is -2.22. The van der Waals surface area contributed by atoms with Gasteiger partial charge in [0.2, 0.25) is 5.91 Å². The molecule has 122 valence electrons. The smallest absolute Gasteiger partial charge is 0.408 e. The minimum atomic E-state index is -0.676. The van der Waals surface area contributed by atoms with Crippen molar-refractivity contribution in [3.05, 3.63) is 34.3 Å². The number of ether oxygens (including phenoxy) is 1. The Morgan fingerprint density at radius 1 is 1.18 bits per heavy atom. The maximum atomic E-state index is 12.1. The van der Waals surface area contributed by atoms with Crippen LogP contribution in [0.5, 0.6) is 0 Å². The topological polar surface area (TPSA) is 67.4 Å². The van der Waals surface area contributed by atoms with E-state index in [4.69, 9.17) is 4.74 Å². The first-order valence-electron chi connectivity index (χ1n) is 7.14. The highest BCUT2D eigenvalue weighted by molar-refractivity contribution is 9.10. The van der Waals surface area contributed by atoms with Gasteiger partial charge in [-0.15, -0.1) is 0 Å². The standard InChI is InChI=1S/C16H23BrN2O3/c1-10(12-7-6-8-13(17)9-12)18-14(20)11(2)19-15(21)22-16(3,4)5/h6-11H,1-5H3,(H,18,20)(H,19,21)/t10?,11-/m1/s1. The normalized spacial score (nSPS) is 13.9. The van der Waals surface area contributed by atoms with Gasteiger partial charge in [-0.2, -0.15) is 0 Å². The maximum absolute atomic E-state index is 12.1. The van der Waals surface area contributed by atoms with Gasteiger partial charge >= 0.3 is 6.09 Å². The van der Waals surface area contributed by atoms with Gasteiger partial charge in [0, 0.05) is 4.47 Å². The molecule has 5 nitrogen and oxygen atoms in total. The fourth-order valence-corrected chi connectivity index (χ4v) is 2.16. The molecular formula is C16H23BrN2O3. The van der Waals surface area contributed by atoms with Crippen molar-refractivity contribution >= 4 is 27.9 Å². The van der Waals surface area contributed by atoms with Crippen LogP contribution in [0.3, 0.4) is 0 Å². The van der Waals surface area contributed by atoms with Crippen LogP contribution < -0.4 is 10.6 Å². The third kappa shape index (κ3) is 6.47. The number of benzene rings is 1. The second-order valence-corrected chi connectivity index (χ2v) is 7.07. The number of halogens is 1. The van der Waals surface area contributed by atoms with Crippen LogP contribution in [0, 0.1) is 0 Å². The van der Waals surface area contributed by atoms with E-state index in [1.54, 1.807) is 27.7 Å². The van der Waals surface area contributed by atoms with Crippen LogP contribution in [0.25, 0.3) is 0 Å². The van der Waals surface area contributed by atoms with Crippen molar-refractivity contribution in [2.45, 2.75) is 52.3 Å². The van der Waals surface area contributed by atoms with Crippen molar-refractivity contribution in [3.8, 4) is 0 Å². The number of rotatable bonds is 4. The summed E-state index contributed by atoms with van der Waals surface area (Å²) in [4.78, 5) is 23.8. The van der Waals surface area contributed by atoms with Gasteiger partial charge in [-0.05, 0) is 52.3 Å². The van der Waals surface area contributed by atoms with Gasteiger partial charge in [-0.25, -0.2) is 4.79 Å². The molecule has 0 aliphatic rings.